The number of hydrogen-bond donors (Lipinski definition) is 2. The van der Waals surface area contributed by atoms with Crippen LogP contribution in [0.5, 0.6) is 17.2 Å². The number of carbonyl (C=O) groups is 2. The fourth-order valence-corrected chi connectivity index (χ4v) is 10.1. The molecule has 7 rings (SSSR count). The van der Waals surface area contributed by atoms with Gasteiger partial charge in [0.25, 0.3) is 0 Å². The topological polar surface area (TPSA) is 155 Å². The summed E-state index contributed by atoms with van der Waals surface area (Å²) in [6, 6.07) is 21.9. The lowest BCUT2D eigenvalue weighted by Gasteiger charge is -2.60. The molecule has 0 spiro atoms. The van der Waals surface area contributed by atoms with Gasteiger partial charge in [0.1, 0.15) is 36.2 Å². The Balaban J connectivity index is 1.35. The van der Waals surface area contributed by atoms with E-state index < -0.39 is 30.1 Å². The molecule has 2 aliphatic carbocycles. The van der Waals surface area contributed by atoms with Crippen molar-refractivity contribution in [2.24, 2.45) is 22.9 Å². The van der Waals surface area contributed by atoms with Gasteiger partial charge in [0.15, 0.2) is 0 Å². The fraction of sp³-hybridized carbons (Fsp3) is 0.519. The van der Waals surface area contributed by atoms with Gasteiger partial charge in [-0.1, -0.05) is 79.5 Å². The lowest BCUT2D eigenvalue weighted by atomic mass is 9.55. The lowest BCUT2D eigenvalue weighted by Crippen LogP contribution is -2.70. The molecule has 0 aromatic heterocycles. The second-order valence-corrected chi connectivity index (χ2v) is 17.3. The van der Waals surface area contributed by atoms with Gasteiger partial charge in [0, 0.05) is 49.6 Å². The average Bonchev–Trinajstić information content (AvgIpc) is 3.33. The SMILES string of the molecule is C=CCOC12Oc3ccc(Oc4cccc(C=O)c4)cc3C3C(CCCCO)C(CCCCO)C=C(C(=NOC4CCCCO4)CC1N(CCC)C(=O)OCCOCc1ccccc1)C32. The Labute approximate surface area is 383 Å². The number of aliphatic hydroxyl groups is 2. The minimum Gasteiger partial charge on any atom is -0.459 e. The van der Waals surface area contributed by atoms with Crippen molar-refractivity contribution in [3.63, 3.8) is 0 Å². The highest BCUT2D eigenvalue weighted by molar-refractivity contribution is 6.03. The van der Waals surface area contributed by atoms with Crippen molar-refractivity contribution < 1.29 is 53.1 Å². The van der Waals surface area contributed by atoms with Crippen LogP contribution in [0.25, 0.3) is 0 Å². The molecule has 7 atom stereocenters. The second kappa shape index (κ2) is 23.9. The third-order valence-corrected chi connectivity index (χ3v) is 12.9. The molecule has 2 aliphatic heterocycles. The van der Waals surface area contributed by atoms with Crippen LogP contribution in [-0.2, 0) is 30.4 Å². The van der Waals surface area contributed by atoms with Gasteiger partial charge in [-0.05, 0) is 98.2 Å². The summed E-state index contributed by atoms with van der Waals surface area (Å²) in [7, 11) is 0. The molecule has 1 amide bonds. The number of hydrogen-bond acceptors (Lipinski definition) is 12. The maximum Gasteiger partial charge on any atom is 0.410 e. The van der Waals surface area contributed by atoms with Crippen LogP contribution in [0.4, 0.5) is 4.79 Å². The van der Waals surface area contributed by atoms with E-state index >= 15 is 0 Å². The second-order valence-electron chi connectivity index (χ2n) is 17.3. The van der Waals surface area contributed by atoms with E-state index in [0.29, 0.717) is 74.0 Å². The van der Waals surface area contributed by atoms with Crippen molar-refractivity contribution >= 4 is 18.1 Å². The smallest absolute Gasteiger partial charge is 0.410 e. The van der Waals surface area contributed by atoms with Crippen molar-refractivity contribution in [2.75, 3.05) is 46.2 Å². The van der Waals surface area contributed by atoms with Crippen molar-refractivity contribution in [3.05, 3.63) is 114 Å². The molecule has 65 heavy (non-hydrogen) atoms. The summed E-state index contributed by atoms with van der Waals surface area (Å²) in [6.45, 7) is 7.95. The molecule has 0 radical (unpaired) electrons. The number of fused-ring (bicyclic) bond motifs is 2. The summed E-state index contributed by atoms with van der Waals surface area (Å²) in [5, 5.41) is 24.9. The highest BCUT2D eigenvalue weighted by atomic mass is 16.8. The first-order valence-corrected chi connectivity index (χ1v) is 23.6. The van der Waals surface area contributed by atoms with Crippen LogP contribution in [0.1, 0.15) is 105 Å². The summed E-state index contributed by atoms with van der Waals surface area (Å²) in [5.41, 5.74) is 4.05. The monoisotopic (exact) mass is 894 g/mol. The van der Waals surface area contributed by atoms with Crippen LogP contribution in [-0.4, -0.2) is 97.5 Å². The molecule has 4 aliphatic rings. The zero-order valence-electron chi connectivity index (χ0n) is 37.7. The zero-order chi connectivity index (χ0) is 45.4. The maximum absolute atomic E-state index is 14.6. The standard InChI is InChI=1S/C52H66N2O11/c1-3-24-54(51(58)61-30-29-59-36-37-15-6-5-7-16-37)47-34-45(53-65-48-21-10-13-28-60-48)43-32-39(18-8-11-25-55)42(20-9-12-26-56)49-44-33-41(63-40-19-14-17-38(31-40)35-57)22-23-46(44)64-52(47,50(43)49)62-27-4-2/h4-7,14-17,19,22-23,31-33,35,39,42,47-50,55-56H,2-3,8-13,18,20-21,24-30,34,36H2,1H3. The molecule has 13 nitrogen and oxygen atoms in total. The Morgan fingerprint density at radius 1 is 0.969 bits per heavy atom. The van der Waals surface area contributed by atoms with Gasteiger partial charge in [-0.25, -0.2) is 4.79 Å². The first-order valence-electron chi connectivity index (χ1n) is 23.6. The molecule has 2 fully saturated rings. The van der Waals surface area contributed by atoms with Crippen molar-refractivity contribution in [1.82, 2.24) is 4.90 Å². The quantitative estimate of drug-likeness (QED) is 0.0383. The predicted octanol–water partition coefficient (Wildman–Crippen LogP) is 9.52. The van der Waals surface area contributed by atoms with Gasteiger partial charge >= 0.3 is 6.09 Å². The lowest BCUT2D eigenvalue weighted by molar-refractivity contribution is -0.255. The van der Waals surface area contributed by atoms with Crippen LogP contribution in [0.15, 0.2) is 102 Å². The maximum atomic E-state index is 14.6. The van der Waals surface area contributed by atoms with E-state index in [9.17, 15) is 19.8 Å². The fourth-order valence-electron chi connectivity index (χ4n) is 10.1. The van der Waals surface area contributed by atoms with Crippen LogP contribution in [0.3, 0.4) is 0 Å². The molecule has 0 bridgehead atoms. The van der Waals surface area contributed by atoms with Crippen LogP contribution in [0, 0.1) is 17.8 Å². The molecule has 7 unspecified atom stereocenters. The summed E-state index contributed by atoms with van der Waals surface area (Å²) < 4.78 is 38.8. The normalized spacial score (nSPS) is 25.0. The summed E-state index contributed by atoms with van der Waals surface area (Å²) in [4.78, 5) is 34.3. The number of carbonyl (C=O) groups excluding carboxylic acids is 2. The molecule has 3 aromatic rings. The molecule has 1 saturated carbocycles. The summed E-state index contributed by atoms with van der Waals surface area (Å²) >= 11 is 0. The van der Waals surface area contributed by atoms with E-state index in [1.165, 1.54) is 0 Å². The predicted molar refractivity (Wildman–Crippen MR) is 246 cm³/mol. The number of aldehydes is 1. The largest absolute Gasteiger partial charge is 0.459 e. The van der Waals surface area contributed by atoms with Crippen molar-refractivity contribution in [2.45, 2.75) is 108 Å². The van der Waals surface area contributed by atoms with Crippen LogP contribution >= 0.6 is 0 Å². The molecule has 3 aromatic carbocycles. The Bertz CT molecular complexity index is 2070. The minimum absolute atomic E-state index is 0.0212. The number of benzene rings is 3. The Hall–Kier alpha value is -5.05. The molecular formula is C52H66N2O11. The number of ether oxygens (including phenoxy) is 6. The third-order valence-electron chi connectivity index (χ3n) is 12.9. The van der Waals surface area contributed by atoms with Gasteiger partial charge in [-0.15, -0.1) is 6.58 Å². The summed E-state index contributed by atoms with van der Waals surface area (Å²) in [6.07, 6.45) is 11.8. The highest BCUT2D eigenvalue weighted by Crippen LogP contribution is 2.62. The van der Waals surface area contributed by atoms with E-state index in [1.807, 2.05) is 61.5 Å². The van der Waals surface area contributed by atoms with Gasteiger partial charge in [0.05, 0.1) is 38.1 Å². The van der Waals surface area contributed by atoms with E-state index in [4.69, 9.17) is 38.4 Å². The Morgan fingerprint density at radius 3 is 2.54 bits per heavy atom. The molecule has 2 N–H and O–H groups in total. The number of amides is 1. The Kier molecular flexibility index (Phi) is 17.6. The van der Waals surface area contributed by atoms with Crippen LogP contribution < -0.4 is 9.47 Å². The number of allylic oxidation sites excluding steroid dienone is 1. The first-order chi connectivity index (χ1) is 31.9. The number of aliphatic hydroxyl groups excluding tert-OH is 2. The molecule has 13 heteroatoms. The average molecular weight is 895 g/mol. The van der Waals surface area contributed by atoms with Gasteiger partial charge < -0.3 is 43.5 Å². The minimum atomic E-state index is -1.44. The number of unbranched alkanes of at least 4 members (excludes halogenated alkanes) is 2. The molecular weight excluding hydrogens is 829 g/mol. The van der Waals surface area contributed by atoms with Gasteiger partial charge in [-0.3, -0.25) is 9.69 Å². The van der Waals surface area contributed by atoms with E-state index in [-0.39, 0.29) is 57.2 Å². The number of rotatable bonds is 24. The van der Waals surface area contributed by atoms with Gasteiger partial charge in [-0.2, -0.15) is 0 Å². The van der Waals surface area contributed by atoms with Crippen LogP contribution in [0.2, 0.25) is 0 Å². The zero-order valence-corrected chi connectivity index (χ0v) is 37.7. The Morgan fingerprint density at radius 2 is 1.78 bits per heavy atom. The van der Waals surface area contributed by atoms with Crippen molar-refractivity contribution in [1.29, 1.82) is 0 Å². The van der Waals surface area contributed by atoms with E-state index in [0.717, 1.165) is 61.5 Å². The summed E-state index contributed by atoms with van der Waals surface area (Å²) in [5.74, 6) is -0.440. The molecule has 350 valence electrons. The number of oxime groups is 1. The highest BCUT2D eigenvalue weighted by Gasteiger charge is 2.65. The first kappa shape index (κ1) is 47.9. The number of nitrogens with zero attached hydrogens (tertiary/aromatic N) is 2. The van der Waals surface area contributed by atoms with E-state index in [2.05, 4.69) is 12.7 Å². The van der Waals surface area contributed by atoms with Gasteiger partial charge in [0.2, 0.25) is 12.1 Å². The molecule has 2 heterocycles. The van der Waals surface area contributed by atoms with Crippen molar-refractivity contribution in [3.8, 4) is 17.2 Å². The third kappa shape index (κ3) is 11.7. The molecule has 1 saturated heterocycles. The van der Waals surface area contributed by atoms with E-state index in [1.54, 1.807) is 29.2 Å².